The predicted molar refractivity (Wildman–Crippen MR) is 72.3 cm³/mol. The lowest BCUT2D eigenvalue weighted by molar-refractivity contribution is 0.216. The molecule has 0 bridgehead atoms. The molecule has 0 heterocycles. The van der Waals surface area contributed by atoms with Crippen molar-refractivity contribution >= 4 is 0 Å². The number of hydrogen-bond donors (Lipinski definition) is 1. The third-order valence-corrected chi connectivity index (χ3v) is 3.19. The van der Waals surface area contributed by atoms with Gasteiger partial charge < -0.3 is 10.5 Å². The lowest BCUT2D eigenvalue weighted by Gasteiger charge is -2.29. The van der Waals surface area contributed by atoms with Crippen molar-refractivity contribution in [2.75, 3.05) is 26.7 Å². The van der Waals surface area contributed by atoms with Crippen LogP contribution < -0.4 is 10.5 Å². The summed E-state index contributed by atoms with van der Waals surface area (Å²) in [6.45, 7) is 7.21. The Bertz CT molecular complexity index is 328. The van der Waals surface area contributed by atoms with E-state index in [2.05, 4.69) is 30.9 Å². The van der Waals surface area contributed by atoms with Gasteiger partial charge in [-0.05, 0) is 39.0 Å². The summed E-state index contributed by atoms with van der Waals surface area (Å²) in [6.07, 6.45) is 1.04. The Hall–Kier alpha value is -1.06. The lowest BCUT2D eigenvalue weighted by atomic mass is 10.1. The fraction of sp³-hybridized carbons (Fsp3) is 0.571. The largest absolute Gasteiger partial charge is 0.496 e. The zero-order valence-electron chi connectivity index (χ0n) is 11.1. The second kappa shape index (κ2) is 7.30. The summed E-state index contributed by atoms with van der Waals surface area (Å²) >= 11 is 0. The van der Waals surface area contributed by atoms with Crippen LogP contribution in [0.3, 0.4) is 0 Å². The molecule has 17 heavy (non-hydrogen) atoms. The average Bonchev–Trinajstić information content (AvgIpc) is 2.39. The minimum atomic E-state index is 0.364. The Kier molecular flexibility index (Phi) is 6.01. The Balaban J connectivity index is 2.81. The van der Waals surface area contributed by atoms with Crippen molar-refractivity contribution in [3.05, 3.63) is 29.8 Å². The molecule has 1 aromatic carbocycles. The molecule has 0 aliphatic heterocycles. The number of benzene rings is 1. The molecule has 1 aromatic rings. The van der Waals surface area contributed by atoms with Gasteiger partial charge in [0, 0.05) is 11.6 Å². The molecule has 0 aliphatic carbocycles. The van der Waals surface area contributed by atoms with Gasteiger partial charge in [-0.3, -0.25) is 4.90 Å². The van der Waals surface area contributed by atoms with Crippen molar-refractivity contribution in [3.8, 4) is 5.75 Å². The maximum atomic E-state index is 5.58. The molecule has 0 unspecified atom stereocenters. The first-order valence-corrected chi connectivity index (χ1v) is 6.31. The van der Waals surface area contributed by atoms with Crippen molar-refractivity contribution in [1.29, 1.82) is 0 Å². The third kappa shape index (κ3) is 3.72. The molecule has 3 heteroatoms. The number of nitrogens with two attached hydrogens (primary N) is 1. The van der Waals surface area contributed by atoms with Gasteiger partial charge in [0.15, 0.2) is 0 Å². The maximum absolute atomic E-state index is 5.58. The highest BCUT2D eigenvalue weighted by atomic mass is 16.5. The Morgan fingerprint density at radius 1 is 1.35 bits per heavy atom. The molecule has 0 aromatic heterocycles. The molecule has 0 saturated carbocycles. The van der Waals surface area contributed by atoms with Crippen LogP contribution in [0.15, 0.2) is 24.3 Å². The van der Waals surface area contributed by atoms with E-state index in [1.165, 1.54) is 5.56 Å². The summed E-state index contributed by atoms with van der Waals surface area (Å²) in [5.41, 5.74) is 6.82. The summed E-state index contributed by atoms with van der Waals surface area (Å²) in [5, 5.41) is 0. The van der Waals surface area contributed by atoms with Gasteiger partial charge in [0.25, 0.3) is 0 Å². The van der Waals surface area contributed by atoms with Crippen LogP contribution >= 0.6 is 0 Å². The summed E-state index contributed by atoms with van der Waals surface area (Å²) in [5.74, 6) is 0.964. The fourth-order valence-corrected chi connectivity index (χ4v) is 2.13. The summed E-state index contributed by atoms with van der Waals surface area (Å²) in [7, 11) is 1.72. The van der Waals surface area contributed by atoms with Crippen molar-refractivity contribution < 1.29 is 4.74 Å². The molecule has 0 amide bonds. The first-order chi connectivity index (χ1) is 8.24. The van der Waals surface area contributed by atoms with Gasteiger partial charge in [0.2, 0.25) is 0 Å². The molecule has 0 spiro atoms. The van der Waals surface area contributed by atoms with Gasteiger partial charge in [-0.15, -0.1) is 0 Å². The van der Waals surface area contributed by atoms with E-state index in [1.54, 1.807) is 7.11 Å². The number of hydrogen-bond acceptors (Lipinski definition) is 3. The van der Waals surface area contributed by atoms with Crippen LogP contribution in [0.2, 0.25) is 0 Å². The second-order valence-electron chi connectivity index (χ2n) is 4.19. The molecule has 96 valence electrons. The predicted octanol–water partition coefficient (Wildman–Crippen LogP) is 2.43. The van der Waals surface area contributed by atoms with Gasteiger partial charge in [0.1, 0.15) is 5.75 Å². The molecular weight excluding hydrogens is 212 g/mol. The van der Waals surface area contributed by atoms with Crippen LogP contribution in [-0.4, -0.2) is 31.6 Å². The third-order valence-electron chi connectivity index (χ3n) is 3.19. The van der Waals surface area contributed by atoms with Gasteiger partial charge in [-0.25, -0.2) is 0 Å². The van der Waals surface area contributed by atoms with Crippen LogP contribution in [0.1, 0.15) is 31.9 Å². The van der Waals surface area contributed by atoms with E-state index < -0.39 is 0 Å². The standard InChI is InChI=1S/C14H24N2O/c1-4-16(11-7-10-15)12(2)13-8-5-6-9-14(13)17-3/h5-6,8-9,12H,4,7,10-11,15H2,1-3H3/t12-/m0/s1. The zero-order valence-corrected chi connectivity index (χ0v) is 11.1. The summed E-state index contributed by atoms with van der Waals surface area (Å²) < 4.78 is 5.41. The number of ether oxygens (including phenoxy) is 1. The Morgan fingerprint density at radius 3 is 2.65 bits per heavy atom. The SMILES string of the molecule is CCN(CCCN)[C@@H](C)c1ccccc1OC. The number of para-hydroxylation sites is 1. The Labute approximate surface area is 105 Å². The quantitative estimate of drug-likeness (QED) is 0.790. The van der Waals surface area contributed by atoms with E-state index in [9.17, 15) is 0 Å². The highest BCUT2D eigenvalue weighted by Crippen LogP contribution is 2.28. The van der Waals surface area contributed by atoms with Gasteiger partial charge >= 0.3 is 0 Å². The topological polar surface area (TPSA) is 38.5 Å². The van der Waals surface area contributed by atoms with Gasteiger partial charge in [-0.1, -0.05) is 25.1 Å². The molecule has 0 radical (unpaired) electrons. The van der Waals surface area contributed by atoms with E-state index in [0.29, 0.717) is 6.04 Å². The molecule has 1 rings (SSSR count). The molecule has 1 atom stereocenters. The lowest BCUT2D eigenvalue weighted by Crippen LogP contribution is -2.29. The molecule has 0 fully saturated rings. The van der Waals surface area contributed by atoms with Crippen LogP contribution in [-0.2, 0) is 0 Å². The summed E-state index contributed by atoms with van der Waals surface area (Å²) in [6, 6.07) is 8.58. The normalized spacial score (nSPS) is 12.8. The monoisotopic (exact) mass is 236 g/mol. The van der Waals surface area contributed by atoms with E-state index in [-0.39, 0.29) is 0 Å². The van der Waals surface area contributed by atoms with E-state index >= 15 is 0 Å². The van der Waals surface area contributed by atoms with Crippen LogP contribution in [0, 0.1) is 0 Å². The molecule has 0 saturated heterocycles. The van der Waals surface area contributed by atoms with Crippen LogP contribution in [0.4, 0.5) is 0 Å². The van der Waals surface area contributed by atoms with Crippen molar-refractivity contribution in [1.82, 2.24) is 4.90 Å². The fourth-order valence-electron chi connectivity index (χ4n) is 2.13. The van der Waals surface area contributed by atoms with Gasteiger partial charge in [-0.2, -0.15) is 0 Å². The average molecular weight is 236 g/mol. The van der Waals surface area contributed by atoms with Crippen LogP contribution in [0.25, 0.3) is 0 Å². The zero-order chi connectivity index (χ0) is 12.7. The number of nitrogens with zero attached hydrogens (tertiary/aromatic N) is 1. The molecule has 2 N–H and O–H groups in total. The first-order valence-electron chi connectivity index (χ1n) is 6.31. The second-order valence-corrected chi connectivity index (χ2v) is 4.19. The highest BCUT2D eigenvalue weighted by Gasteiger charge is 2.16. The van der Waals surface area contributed by atoms with Gasteiger partial charge in [0.05, 0.1) is 7.11 Å². The molecule has 3 nitrogen and oxygen atoms in total. The molecule has 0 aliphatic rings. The minimum Gasteiger partial charge on any atom is -0.496 e. The van der Waals surface area contributed by atoms with Crippen molar-refractivity contribution in [2.24, 2.45) is 5.73 Å². The smallest absolute Gasteiger partial charge is 0.123 e. The number of rotatable bonds is 7. The van der Waals surface area contributed by atoms with E-state index in [0.717, 1.165) is 31.8 Å². The first kappa shape index (κ1) is 14.0. The Morgan fingerprint density at radius 2 is 2.06 bits per heavy atom. The van der Waals surface area contributed by atoms with E-state index in [4.69, 9.17) is 10.5 Å². The van der Waals surface area contributed by atoms with Crippen molar-refractivity contribution in [3.63, 3.8) is 0 Å². The minimum absolute atomic E-state index is 0.364. The maximum Gasteiger partial charge on any atom is 0.123 e. The number of methoxy groups -OCH3 is 1. The van der Waals surface area contributed by atoms with Crippen LogP contribution in [0.5, 0.6) is 5.75 Å². The highest BCUT2D eigenvalue weighted by molar-refractivity contribution is 5.35. The summed E-state index contributed by atoms with van der Waals surface area (Å²) in [4.78, 5) is 2.42. The molecular formula is C14H24N2O. The van der Waals surface area contributed by atoms with Crippen molar-refractivity contribution in [2.45, 2.75) is 26.3 Å². The van der Waals surface area contributed by atoms with E-state index in [1.807, 2.05) is 12.1 Å².